The summed E-state index contributed by atoms with van der Waals surface area (Å²) >= 11 is 1.88. The SMILES string of the molecule is CC1(C)CCCC1NCCCc1cccs1. The summed E-state index contributed by atoms with van der Waals surface area (Å²) in [6.07, 6.45) is 6.65. The van der Waals surface area contributed by atoms with E-state index in [1.807, 2.05) is 11.3 Å². The molecule has 1 aromatic rings. The Balaban J connectivity index is 1.65. The zero-order chi connectivity index (χ0) is 11.4. The van der Waals surface area contributed by atoms with E-state index in [2.05, 4.69) is 36.7 Å². The van der Waals surface area contributed by atoms with Gasteiger partial charge in [0.2, 0.25) is 0 Å². The number of hydrogen-bond donors (Lipinski definition) is 1. The van der Waals surface area contributed by atoms with Crippen molar-refractivity contribution in [2.45, 2.75) is 52.0 Å². The zero-order valence-electron chi connectivity index (χ0n) is 10.5. The summed E-state index contributed by atoms with van der Waals surface area (Å²) in [4.78, 5) is 1.52. The van der Waals surface area contributed by atoms with E-state index in [0.717, 1.165) is 6.04 Å². The van der Waals surface area contributed by atoms with E-state index in [-0.39, 0.29) is 0 Å². The molecule has 1 nitrogen and oxygen atoms in total. The molecule has 0 aromatic carbocycles. The first-order valence-corrected chi connectivity index (χ1v) is 7.32. The van der Waals surface area contributed by atoms with Gasteiger partial charge in [0.25, 0.3) is 0 Å². The fraction of sp³-hybridized carbons (Fsp3) is 0.714. The van der Waals surface area contributed by atoms with E-state index in [1.54, 1.807) is 0 Å². The molecule has 16 heavy (non-hydrogen) atoms. The van der Waals surface area contributed by atoms with Gasteiger partial charge in [-0.1, -0.05) is 26.3 Å². The lowest BCUT2D eigenvalue weighted by Gasteiger charge is -2.27. The van der Waals surface area contributed by atoms with Crippen LogP contribution in [0.25, 0.3) is 0 Å². The Morgan fingerprint density at radius 1 is 1.50 bits per heavy atom. The Labute approximate surface area is 103 Å². The molecule has 1 saturated carbocycles. The van der Waals surface area contributed by atoms with Crippen LogP contribution in [0.3, 0.4) is 0 Å². The summed E-state index contributed by atoms with van der Waals surface area (Å²) in [5.74, 6) is 0. The molecule has 2 rings (SSSR count). The minimum absolute atomic E-state index is 0.517. The average molecular weight is 237 g/mol. The van der Waals surface area contributed by atoms with E-state index in [4.69, 9.17) is 0 Å². The number of nitrogens with one attached hydrogen (secondary N) is 1. The Morgan fingerprint density at radius 2 is 2.38 bits per heavy atom. The van der Waals surface area contributed by atoms with Gasteiger partial charge in [-0.25, -0.2) is 0 Å². The lowest BCUT2D eigenvalue weighted by molar-refractivity contribution is 0.283. The van der Waals surface area contributed by atoms with E-state index in [9.17, 15) is 0 Å². The predicted octanol–water partition coefficient (Wildman–Crippen LogP) is 3.85. The van der Waals surface area contributed by atoms with Crippen LogP contribution in [0.15, 0.2) is 17.5 Å². The van der Waals surface area contributed by atoms with E-state index in [1.165, 1.54) is 43.5 Å². The summed E-state index contributed by atoms with van der Waals surface area (Å²) in [6, 6.07) is 5.13. The molecule has 0 bridgehead atoms. The Bertz CT molecular complexity index is 303. The third kappa shape index (κ3) is 3.08. The molecule has 0 saturated heterocycles. The first-order valence-electron chi connectivity index (χ1n) is 6.44. The fourth-order valence-electron chi connectivity index (χ4n) is 2.70. The first-order chi connectivity index (χ1) is 7.68. The van der Waals surface area contributed by atoms with Crippen molar-refractivity contribution < 1.29 is 0 Å². The van der Waals surface area contributed by atoms with Gasteiger partial charge in [0.05, 0.1) is 0 Å². The van der Waals surface area contributed by atoms with Gasteiger partial charge in [0, 0.05) is 10.9 Å². The second-order valence-corrected chi connectivity index (χ2v) is 6.60. The fourth-order valence-corrected chi connectivity index (χ4v) is 3.45. The van der Waals surface area contributed by atoms with Crippen molar-refractivity contribution in [1.29, 1.82) is 0 Å². The zero-order valence-corrected chi connectivity index (χ0v) is 11.3. The average Bonchev–Trinajstić information content (AvgIpc) is 2.83. The van der Waals surface area contributed by atoms with Gasteiger partial charge in [0.1, 0.15) is 0 Å². The standard InChI is InChI=1S/C14H23NS/c1-14(2)9-3-8-13(14)15-10-4-6-12-7-5-11-16-12/h5,7,11,13,15H,3-4,6,8-10H2,1-2H3. The normalized spacial score (nSPS) is 23.8. The monoisotopic (exact) mass is 237 g/mol. The maximum atomic E-state index is 3.74. The summed E-state index contributed by atoms with van der Waals surface area (Å²) in [5, 5.41) is 5.91. The molecule has 1 fully saturated rings. The van der Waals surface area contributed by atoms with Crippen LogP contribution in [0.4, 0.5) is 0 Å². The van der Waals surface area contributed by atoms with Gasteiger partial charge in [-0.3, -0.25) is 0 Å². The maximum Gasteiger partial charge on any atom is 0.0118 e. The Kier molecular flexibility index (Phi) is 4.04. The Morgan fingerprint density at radius 3 is 3.00 bits per heavy atom. The molecular formula is C14H23NS. The molecule has 1 N–H and O–H groups in total. The molecule has 1 aromatic heterocycles. The highest BCUT2D eigenvalue weighted by Crippen LogP contribution is 2.37. The quantitative estimate of drug-likeness (QED) is 0.767. The molecule has 1 unspecified atom stereocenters. The van der Waals surface area contributed by atoms with E-state index in [0.29, 0.717) is 5.41 Å². The van der Waals surface area contributed by atoms with Crippen molar-refractivity contribution >= 4 is 11.3 Å². The third-order valence-corrected chi connectivity index (χ3v) is 4.76. The lowest BCUT2D eigenvalue weighted by Crippen LogP contribution is -2.38. The summed E-state index contributed by atoms with van der Waals surface area (Å²) in [5.41, 5.74) is 0.517. The van der Waals surface area contributed by atoms with Crippen LogP contribution in [0.2, 0.25) is 0 Å². The topological polar surface area (TPSA) is 12.0 Å². The molecule has 1 heterocycles. The minimum atomic E-state index is 0.517. The summed E-state index contributed by atoms with van der Waals surface area (Å²) < 4.78 is 0. The first kappa shape index (κ1) is 12.1. The molecule has 1 atom stereocenters. The van der Waals surface area contributed by atoms with Crippen molar-refractivity contribution in [1.82, 2.24) is 5.32 Å². The summed E-state index contributed by atoms with van der Waals surface area (Å²) in [7, 11) is 0. The van der Waals surface area contributed by atoms with Crippen LogP contribution < -0.4 is 5.32 Å². The largest absolute Gasteiger partial charge is 0.313 e. The van der Waals surface area contributed by atoms with E-state index >= 15 is 0 Å². The number of rotatable bonds is 5. The van der Waals surface area contributed by atoms with Crippen molar-refractivity contribution in [3.05, 3.63) is 22.4 Å². The van der Waals surface area contributed by atoms with Crippen LogP contribution >= 0.6 is 11.3 Å². The van der Waals surface area contributed by atoms with Gasteiger partial charge in [-0.15, -0.1) is 11.3 Å². The van der Waals surface area contributed by atoms with Crippen molar-refractivity contribution in [2.75, 3.05) is 6.54 Å². The molecule has 0 spiro atoms. The highest BCUT2D eigenvalue weighted by atomic mass is 32.1. The van der Waals surface area contributed by atoms with Gasteiger partial charge < -0.3 is 5.32 Å². The van der Waals surface area contributed by atoms with Gasteiger partial charge >= 0.3 is 0 Å². The Hall–Kier alpha value is -0.340. The van der Waals surface area contributed by atoms with Gasteiger partial charge in [-0.05, 0) is 49.1 Å². The molecule has 90 valence electrons. The third-order valence-electron chi connectivity index (χ3n) is 3.83. The van der Waals surface area contributed by atoms with Crippen LogP contribution in [-0.4, -0.2) is 12.6 Å². The van der Waals surface area contributed by atoms with Gasteiger partial charge in [-0.2, -0.15) is 0 Å². The van der Waals surface area contributed by atoms with Crippen LogP contribution in [0.1, 0.15) is 44.4 Å². The number of aryl methyl sites for hydroxylation is 1. The highest BCUT2D eigenvalue weighted by Gasteiger charge is 2.33. The lowest BCUT2D eigenvalue weighted by atomic mass is 9.87. The van der Waals surface area contributed by atoms with E-state index < -0.39 is 0 Å². The maximum absolute atomic E-state index is 3.74. The van der Waals surface area contributed by atoms with Crippen molar-refractivity contribution in [2.24, 2.45) is 5.41 Å². The van der Waals surface area contributed by atoms with Crippen LogP contribution in [0.5, 0.6) is 0 Å². The molecule has 0 radical (unpaired) electrons. The van der Waals surface area contributed by atoms with Gasteiger partial charge in [0.15, 0.2) is 0 Å². The second kappa shape index (κ2) is 5.33. The van der Waals surface area contributed by atoms with Crippen LogP contribution in [-0.2, 0) is 6.42 Å². The highest BCUT2D eigenvalue weighted by molar-refractivity contribution is 7.09. The van der Waals surface area contributed by atoms with Crippen molar-refractivity contribution in [3.8, 4) is 0 Å². The molecule has 1 aliphatic carbocycles. The predicted molar refractivity (Wildman–Crippen MR) is 72.1 cm³/mol. The van der Waals surface area contributed by atoms with Crippen LogP contribution in [0, 0.1) is 5.41 Å². The van der Waals surface area contributed by atoms with Crippen molar-refractivity contribution in [3.63, 3.8) is 0 Å². The molecule has 2 heteroatoms. The molecule has 0 amide bonds. The second-order valence-electron chi connectivity index (χ2n) is 5.57. The number of hydrogen-bond acceptors (Lipinski definition) is 2. The molecular weight excluding hydrogens is 214 g/mol. The summed E-state index contributed by atoms with van der Waals surface area (Å²) in [6.45, 7) is 5.97. The number of thiophene rings is 1. The smallest absolute Gasteiger partial charge is 0.0118 e. The molecule has 0 aliphatic heterocycles. The minimum Gasteiger partial charge on any atom is -0.313 e. The molecule has 1 aliphatic rings.